The Morgan fingerprint density at radius 1 is 0.365 bits per heavy atom. The summed E-state index contributed by atoms with van der Waals surface area (Å²) in [6, 6.07) is 52.4. The van der Waals surface area contributed by atoms with E-state index >= 15 is 0 Å². The van der Waals surface area contributed by atoms with Crippen LogP contribution in [-0.4, -0.2) is 0 Å². The Bertz CT molecular complexity index is 2580. The first-order chi connectivity index (χ1) is 30.7. The molecule has 0 atom stereocenters. The summed E-state index contributed by atoms with van der Waals surface area (Å²) in [5, 5.41) is 5.24. The van der Waals surface area contributed by atoms with Crippen LogP contribution in [0.3, 0.4) is 0 Å². The van der Waals surface area contributed by atoms with Gasteiger partial charge >= 0.3 is 0 Å². The summed E-state index contributed by atoms with van der Waals surface area (Å²) >= 11 is 0. The van der Waals surface area contributed by atoms with E-state index in [1.54, 1.807) is 11.1 Å². The fourth-order valence-electron chi connectivity index (χ4n) is 11.4. The molecule has 0 bridgehead atoms. The van der Waals surface area contributed by atoms with Gasteiger partial charge in [0, 0.05) is 5.41 Å². The average molecular weight is 831 g/mol. The third kappa shape index (κ3) is 8.22. The van der Waals surface area contributed by atoms with Gasteiger partial charge in [-0.2, -0.15) is 0 Å². The Labute approximate surface area is 381 Å². The first-order valence-corrected chi connectivity index (χ1v) is 25.1. The van der Waals surface area contributed by atoms with Crippen LogP contribution < -0.4 is 0 Å². The summed E-state index contributed by atoms with van der Waals surface area (Å²) in [5.74, 6) is 0. The molecule has 7 aromatic rings. The van der Waals surface area contributed by atoms with E-state index in [9.17, 15) is 0 Å². The highest BCUT2D eigenvalue weighted by molar-refractivity contribution is 6.21. The highest BCUT2D eigenvalue weighted by Crippen LogP contribution is 2.56. The molecule has 326 valence electrons. The molecule has 7 aromatic carbocycles. The predicted octanol–water partition coefficient (Wildman–Crippen LogP) is 19.4. The van der Waals surface area contributed by atoms with E-state index in [4.69, 9.17) is 0 Å². The third-order valence-electron chi connectivity index (χ3n) is 16.4. The van der Waals surface area contributed by atoms with Crippen LogP contribution in [0.25, 0.3) is 66.1 Å². The van der Waals surface area contributed by atoms with Crippen LogP contribution in [0.4, 0.5) is 0 Å². The summed E-state index contributed by atoms with van der Waals surface area (Å²) in [6.07, 6.45) is 17.4. The molecule has 1 aliphatic carbocycles. The molecule has 0 radical (unpaired) electrons. The molecule has 0 heterocycles. The minimum atomic E-state index is 0.0477. The van der Waals surface area contributed by atoms with Gasteiger partial charge in [-0.05, 0) is 144 Å². The topological polar surface area (TPSA) is 0 Å². The summed E-state index contributed by atoms with van der Waals surface area (Å²) in [5.41, 5.74) is 17.4. The number of hydrogen-bond donors (Lipinski definition) is 0. The Balaban J connectivity index is 1.22. The molecular weight excluding hydrogens is 757 g/mol. The second kappa shape index (κ2) is 19.0. The smallest absolute Gasteiger partial charge is 0.0215 e. The zero-order chi connectivity index (χ0) is 44.2. The maximum absolute atomic E-state index is 2.68. The lowest BCUT2D eigenvalue weighted by atomic mass is 9.68. The molecule has 8 rings (SSSR count). The Morgan fingerprint density at radius 3 is 1.21 bits per heavy atom. The molecule has 0 unspecified atom stereocenters. The molecule has 0 amide bonds. The van der Waals surface area contributed by atoms with Gasteiger partial charge in [0.25, 0.3) is 0 Å². The zero-order valence-corrected chi connectivity index (χ0v) is 40.1. The SMILES string of the molecule is CCCCCCC1(CCCCCC)c2cc(-c3ccc(-c4c5ccccc5c(-c5ccc(C(C)(CC)CC)cc5)c5ccccc45)cc3)ccc2-c2ccc(C(C)(CC)CC)cc21. The standard InChI is InChI=1S/C63H74/c1-9-15-17-23-41-63(42-24-18-16-10-2)57-43-48(35-39-51(57)52-40-38-50(44-58(52)63)62(8,13-5)14-6)45-29-31-46(32-30-45)59-53-25-19-21-27-55(53)60(56-28-22-20-26-54(56)59)47-33-36-49(37-34-47)61(7,11-3)12-4/h19-22,25-40,43-44H,9-18,23-24,41-42H2,1-8H3. The van der Waals surface area contributed by atoms with Gasteiger partial charge in [-0.15, -0.1) is 0 Å². The van der Waals surface area contributed by atoms with Crippen molar-refractivity contribution in [2.45, 2.75) is 162 Å². The highest BCUT2D eigenvalue weighted by atomic mass is 14.5. The van der Waals surface area contributed by atoms with Gasteiger partial charge in [0.15, 0.2) is 0 Å². The minimum absolute atomic E-state index is 0.0477. The molecule has 0 saturated heterocycles. The molecular formula is C63H74. The molecule has 1 aliphatic rings. The fourth-order valence-corrected chi connectivity index (χ4v) is 11.4. The van der Waals surface area contributed by atoms with Gasteiger partial charge in [-0.1, -0.05) is 234 Å². The zero-order valence-electron chi connectivity index (χ0n) is 40.1. The second-order valence-corrected chi connectivity index (χ2v) is 19.8. The molecule has 63 heavy (non-hydrogen) atoms. The van der Waals surface area contributed by atoms with Gasteiger partial charge < -0.3 is 0 Å². The van der Waals surface area contributed by atoms with Crippen LogP contribution in [-0.2, 0) is 16.2 Å². The van der Waals surface area contributed by atoms with Crippen LogP contribution in [0, 0.1) is 0 Å². The second-order valence-electron chi connectivity index (χ2n) is 19.8. The Kier molecular flexibility index (Phi) is 13.5. The van der Waals surface area contributed by atoms with Crippen LogP contribution in [0.5, 0.6) is 0 Å². The average Bonchev–Trinajstić information content (AvgIpc) is 3.60. The molecule has 0 aliphatic heterocycles. The van der Waals surface area contributed by atoms with Crippen molar-refractivity contribution in [1.82, 2.24) is 0 Å². The van der Waals surface area contributed by atoms with E-state index in [0.29, 0.717) is 0 Å². The van der Waals surface area contributed by atoms with Crippen molar-refractivity contribution in [3.05, 3.63) is 156 Å². The van der Waals surface area contributed by atoms with Gasteiger partial charge in [0.05, 0.1) is 0 Å². The third-order valence-corrected chi connectivity index (χ3v) is 16.4. The summed E-state index contributed by atoms with van der Waals surface area (Å²) in [6.45, 7) is 19.0. The number of unbranched alkanes of at least 4 members (excludes halogenated alkanes) is 6. The van der Waals surface area contributed by atoms with E-state index < -0.39 is 0 Å². The van der Waals surface area contributed by atoms with Crippen molar-refractivity contribution < 1.29 is 0 Å². The first kappa shape index (κ1) is 44.7. The monoisotopic (exact) mass is 831 g/mol. The number of fused-ring (bicyclic) bond motifs is 5. The van der Waals surface area contributed by atoms with Gasteiger partial charge in [-0.3, -0.25) is 0 Å². The van der Waals surface area contributed by atoms with Crippen molar-refractivity contribution >= 4 is 21.5 Å². The number of hydrogen-bond acceptors (Lipinski definition) is 0. The molecule has 0 N–H and O–H groups in total. The lowest BCUT2D eigenvalue weighted by molar-refractivity contribution is 0.397. The minimum Gasteiger partial charge on any atom is -0.0654 e. The van der Waals surface area contributed by atoms with Crippen molar-refractivity contribution in [2.75, 3.05) is 0 Å². The van der Waals surface area contributed by atoms with Gasteiger partial charge in [0.1, 0.15) is 0 Å². The van der Waals surface area contributed by atoms with Crippen molar-refractivity contribution in [3.63, 3.8) is 0 Å². The largest absolute Gasteiger partial charge is 0.0654 e. The molecule has 0 heteroatoms. The highest BCUT2D eigenvalue weighted by Gasteiger charge is 2.43. The van der Waals surface area contributed by atoms with Crippen LogP contribution >= 0.6 is 0 Å². The van der Waals surface area contributed by atoms with Crippen LogP contribution in [0.2, 0.25) is 0 Å². The maximum Gasteiger partial charge on any atom is 0.0215 e. The molecule has 0 aromatic heterocycles. The van der Waals surface area contributed by atoms with E-state index in [1.165, 1.54) is 141 Å². The lowest BCUT2D eigenvalue weighted by Gasteiger charge is -2.35. The van der Waals surface area contributed by atoms with E-state index in [2.05, 4.69) is 189 Å². The number of rotatable bonds is 19. The molecule has 0 fully saturated rings. The molecule has 0 spiro atoms. The van der Waals surface area contributed by atoms with Crippen LogP contribution in [0.1, 0.15) is 168 Å². The van der Waals surface area contributed by atoms with Crippen molar-refractivity contribution in [1.29, 1.82) is 0 Å². The first-order valence-electron chi connectivity index (χ1n) is 25.1. The van der Waals surface area contributed by atoms with Crippen LogP contribution in [0.15, 0.2) is 133 Å². The van der Waals surface area contributed by atoms with Crippen molar-refractivity contribution in [3.8, 4) is 44.5 Å². The fraction of sp³-hybridized carbons (Fsp3) is 0.397. The van der Waals surface area contributed by atoms with Gasteiger partial charge in [-0.25, -0.2) is 0 Å². The molecule has 0 nitrogen and oxygen atoms in total. The quantitative estimate of drug-likeness (QED) is 0.0563. The van der Waals surface area contributed by atoms with E-state index in [0.717, 1.165) is 25.7 Å². The number of benzene rings is 7. The maximum atomic E-state index is 2.68. The summed E-state index contributed by atoms with van der Waals surface area (Å²) in [4.78, 5) is 0. The predicted molar refractivity (Wildman–Crippen MR) is 277 cm³/mol. The normalized spacial score (nSPS) is 13.5. The summed E-state index contributed by atoms with van der Waals surface area (Å²) in [7, 11) is 0. The molecule has 0 saturated carbocycles. The van der Waals surface area contributed by atoms with Gasteiger partial charge in [0.2, 0.25) is 0 Å². The van der Waals surface area contributed by atoms with E-state index in [1.807, 2.05) is 0 Å². The Morgan fingerprint density at radius 2 is 0.746 bits per heavy atom. The van der Waals surface area contributed by atoms with E-state index in [-0.39, 0.29) is 16.2 Å². The Hall–Kier alpha value is -4.94. The van der Waals surface area contributed by atoms with Crippen molar-refractivity contribution in [2.24, 2.45) is 0 Å². The lowest BCUT2D eigenvalue weighted by Crippen LogP contribution is -2.27. The summed E-state index contributed by atoms with van der Waals surface area (Å²) < 4.78 is 0.